The lowest BCUT2D eigenvalue weighted by atomic mass is 9.78. The number of nitrogens with zero attached hydrogens (tertiary/aromatic N) is 4. The number of hydrogen-bond donors (Lipinski definition) is 1. The van der Waals surface area contributed by atoms with Crippen molar-refractivity contribution in [1.82, 2.24) is 24.1 Å². The van der Waals surface area contributed by atoms with Crippen LogP contribution in [-0.2, 0) is 17.1 Å². The van der Waals surface area contributed by atoms with Crippen LogP contribution in [0.25, 0.3) is 0 Å². The molecule has 0 radical (unpaired) electrons. The molecule has 0 bridgehead atoms. The Morgan fingerprint density at radius 2 is 1.71 bits per heavy atom. The summed E-state index contributed by atoms with van der Waals surface area (Å²) in [6.45, 7) is 0.526. The van der Waals surface area contributed by atoms with Crippen molar-refractivity contribution in [3.8, 4) is 5.75 Å². The maximum atomic E-state index is 14.1. The minimum absolute atomic E-state index is 0.0218. The average molecular weight is 566 g/mol. The Balaban J connectivity index is 1.48. The van der Waals surface area contributed by atoms with Crippen molar-refractivity contribution < 1.29 is 39.9 Å². The Morgan fingerprint density at radius 1 is 1.08 bits per heavy atom. The minimum Gasteiger partial charge on any atom is -0.405 e. The van der Waals surface area contributed by atoms with E-state index in [1.165, 1.54) is 39.6 Å². The predicted octanol–water partition coefficient (Wildman–Crippen LogP) is 3.00. The monoisotopic (exact) mass is 565 g/mol. The van der Waals surface area contributed by atoms with Crippen LogP contribution >= 0.6 is 0 Å². The number of nitrogens with one attached hydrogen (secondary N) is 1. The van der Waals surface area contributed by atoms with Gasteiger partial charge in [0.2, 0.25) is 5.92 Å². The van der Waals surface area contributed by atoms with E-state index in [-0.39, 0.29) is 56.2 Å². The number of piperazine rings is 1. The number of alkyl halides is 5. The number of imidazole rings is 1. The molecule has 1 saturated heterocycles. The van der Waals surface area contributed by atoms with Crippen LogP contribution in [-0.4, -0.2) is 83.6 Å². The molecule has 1 aromatic heterocycles. The number of amides is 1. The molecule has 38 heavy (non-hydrogen) atoms. The summed E-state index contributed by atoms with van der Waals surface area (Å²) in [5.74, 6) is -4.38. The largest absolute Gasteiger partial charge is 0.573 e. The first-order valence-corrected chi connectivity index (χ1v) is 13.4. The van der Waals surface area contributed by atoms with Crippen LogP contribution in [0.2, 0.25) is 0 Å². The Hall–Kier alpha value is -2.78. The first kappa shape index (κ1) is 28.2. The van der Waals surface area contributed by atoms with Crippen molar-refractivity contribution in [2.24, 2.45) is 7.05 Å². The van der Waals surface area contributed by atoms with Crippen molar-refractivity contribution in [3.05, 3.63) is 42.4 Å². The number of ether oxygens (including phenoxy) is 1. The summed E-state index contributed by atoms with van der Waals surface area (Å²) in [7, 11) is -2.19. The van der Waals surface area contributed by atoms with Crippen molar-refractivity contribution in [2.75, 3.05) is 32.7 Å². The number of halogens is 5. The molecule has 1 aromatic carbocycles. The van der Waals surface area contributed by atoms with E-state index in [1.54, 1.807) is 7.05 Å². The number of para-hydroxylation sites is 1. The fourth-order valence-corrected chi connectivity index (χ4v) is 6.34. The molecule has 2 aliphatic rings. The lowest BCUT2D eigenvalue weighted by molar-refractivity contribution is -0.274. The highest BCUT2D eigenvalue weighted by Gasteiger charge is 2.48. The SMILES string of the molecule is Cn1cnc(S(=O)(=O)N2CCN(C3(CNC(=O)c4ccccc4OC(F)(F)F)CCC(F)(F)CC3)CC2)c1. The summed E-state index contributed by atoms with van der Waals surface area (Å²) in [4.78, 5) is 18.7. The van der Waals surface area contributed by atoms with Crippen LogP contribution in [0.3, 0.4) is 0 Å². The first-order chi connectivity index (χ1) is 17.7. The second kappa shape index (κ2) is 10.4. The maximum absolute atomic E-state index is 14.1. The van der Waals surface area contributed by atoms with E-state index in [9.17, 15) is 35.2 Å². The average Bonchev–Trinajstić information content (AvgIpc) is 3.30. The molecule has 1 N–H and O–H groups in total. The van der Waals surface area contributed by atoms with Gasteiger partial charge in [0.1, 0.15) is 5.75 Å². The van der Waals surface area contributed by atoms with Crippen LogP contribution in [0.15, 0.2) is 41.8 Å². The predicted molar refractivity (Wildman–Crippen MR) is 125 cm³/mol. The molecule has 2 heterocycles. The quantitative estimate of drug-likeness (QED) is 0.519. The highest BCUT2D eigenvalue weighted by molar-refractivity contribution is 7.89. The van der Waals surface area contributed by atoms with Gasteiger partial charge in [-0.05, 0) is 25.0 Å². The summed E-state index contributed by atoms with van der Waals surface area (Å²) in [5, 5.41) is 2.52. The van der Waals surface area contributed by atoms with Crippen molar-refractivity contribution in [3.63, 3.8) is 0 Å². The first-order valence-electron chi connectivity index (χ1n) is 11.9. The molecule has 4 rings (SSSR count). The summed E-state index contributed by atoms with van der Waals surface area (Å²) in [6.07, 6.45) is -3.04. The van der Waals surface area contributed by atoms with Crippen LogP contribution in [0.4, 0.5) is 22.0 Å². The molecule has 1 aliphatic carbocycles. The van der Waals surface area contributed by atoms with Gasteiger partial charge >= 0.3 is 6.36 Å². The van der Waals surface area contributed by atoms with E-state index >= 15 is 0 Å². The number of rotatable bonds is 7. The number of aryl methyl sites for hydroxylation is 1. The highest BCUT2D eigenvalue weighted by Crippen LogP contribution is 2.42. The molecular formula is C23H28F5N5O4S. The normalized spacial score (nSPS) is 20.7. The summed E-state index contributed by atoms with van der Waals surface area (Å²) in [5.41, 5.74) is -1.26. The molecule has 0 unspecified atom stereocenters. The van der Waals surface area contributed by atoms with E-state index in [0.29, 0.717) is 0 Å². The third-order valence-electron chi connectivity index (χ3n) is 7.04. The Morgan fingerprint density at radius 3 is 2.29 bits per heavy atom. The summed E-state index contributed by atoms with van der Waals surface area (Å²) >= 11 is 0. The Labute approximate surface area is 216 Å². The van der Waals surface area contributed by atoms with Gasteiger partial charge in [-0.1, -0.05) is 12.1 Å². The molecular weight excluding hydrogens is 537 g/mol. The smallest absolute Gasteiger partial charge is 0.405 e. The van der Waals surface area contributed by atoms with Crippen LogP contribution in [0.5, 0.6) is 5.75 Å². The van der Waals surface area contributed by atoms with Crippen molar-refractivity contribution in [1.29, 1.82) is 0 Å². The number of sulfonamides is 1. The second-order valence-corrected chi connectivity index (χ2v) is 11.5. The van der Waals surface area contributed by atoms with Crippen LogP contribution in [0, 0.1) is 0 Å². The zero-order valence-corrected chi connectivity index (χ0v) is 21.4. The van der Waals surface area contributed by atoms with Gasteiger partial charge in [0.25, 0.3) is 15.9 Å². The second-order valence-electron chi connectivity index (χ2n) is 9.58. The van der Waals surface area contributed by atoms with Crippen molar-refractivity contribution >= 4 is 15.9 Å². The highest BCUT2D eigenvalue weighted by atomic mass is 32.2. The number of carbonyl (C=O) groups excluding carboxylic acids is 1. The molecule has 15 heteroatoms. The van der Waals surface area contributed by atoms with Crippen LogP contribution in [0.1, 0.15) is 36.0 Å². The fourth-order valence-electron chi connectivity index (χ4n) is 4.95. The van der Waals surface area contributed by atoms with Crippen LogP contribution < -0.4 is 10.1 Å². The number of carbonyl (C=O) groups is 1. The van der Waals surface area contributed by atoms with Gasteiger partial charge in [0.15, 0.2) is 5.03 Å². The number of hydrogen-bond acceptors (Lipinski definition) is 6. The molecule has 9 nitrogen and oxygen atoms in total. The van der Waals surface area contributed by atoms with Gasteiger partial charge in [-0.3, -0.25) is 9.69 Å². The van der Waals surface area contributed by atoms with E-state index in [0.717, 1.165) is 6.07 Å². The molecule has 1 saturated carbocycles. The van der Waals surface area contributed by atoms with E-state index < -0.39 is 52.3 Å². The summed E-state index contributed by atoms with van der Waals surface area (Å²) in [6, 6.07) is 4.87. The molecule has 2 aromatic rings. The van der Waals surface area contributed by atoms with Crippen molar-refractivity contribution in [2.45, 2.75) is 48.5 Å². The topological polar surface area (TPSA) is 96.8 Å². The van der Waals surface area contributed by atoms with E-state index in [2.05, 4.69) is 15.0 Å². The molecule has 1 amide bonds. The fraction of sp³-hybridized carbons (Fsp3) is 0.565. The summed E-state index contributed by atoms with van der Waals surface area (Å²) < 4.78 is 99.1. The van der Waals surface area contributed by atoms with Gasteiger partial charge in [-0.15, -0.1) is 13.2 Å². The van der Waals surface area contributed by atoms with E-state index in [1.807, 2.05) is 4.90 Å². The van der Waals surface area contributed by atoms with Gasteiger partial charge < -0.3 is 14.6 Å². The van der Waals surface area contributed by atoms with Gasteiger partial charge in [0.05, 0.1) is 11.9 Å². The number of benzene rings is 1. The van der Waals surface area contributed by atoms with Gasteiger partial charge in [-0.2, -0.15) is 4.31 Å². The van der Waals surface area contributed by atoms with Gasteiger partial charge in [-0.25, -0.2) is 22.2 Å². The zero-order valence-electron chi connectivity index (χ0n) is 20.5. The lowest BCUT2D eigenvalue weighted by Gasteiger charge is -2.50. The zero-order chi connectivity index (χ0) is 27.8. The molecule has 0 spiro atoms. The molecule has 0 atom stereocenters. The third-order valence-corrected chi connectivity index (χ3v) is 8.83. The minimum atomic E-state index is -5.00. The third kappa shape index (κ3) is 6.26. The van der Waals surface area contributed by atoms with Gasteiger partial charge in [0, 0.05) is 64.3 Å². The molecule has 210 valence electrons. The Bertz CT molecular complexity index is 1250. The lowest BCUT2D eigenvalue weighted by Crippen LogP contribution is -2.63. The Kier molecular flexibility index (Phi) is 7.74. The molecule has 2 fully saturated rings. The number of aromatic nitrogens is 2. The molecule has 1 aliphatic heterocycles. The van der Waals surface area contributed by atoms with E-state index in [4.69, 9.17) is 0 Å². The standard InChI is InChI=1S/C23H28F5N5O4S/c1-31-14-19(30-16-31)38(35,36)33-12-10-32(11-13-33)21(6-8-22(24,25)9-7-21)15-29-20(34)17-4-2-3-5-18(17)37-23(26,27)28/h2-5,14,16H,6-13,15H2,1H3,(H,29,34). The maximum Gasteiger partial charge on any atom is 0.573 e.